The SMILES string of the molecule is CCCOc1ccc(C2=C(SCc3ccccc3)C(=O)N(c3ccc(F)cc3)C2=O)cc1. The average Bonchev–Trinajstić information content (AvgIpc) is 3.07. The summed E-state index contributed by atoms with van der Waals surface area (Å²) in [4.78, 5) is 28.2. The van der Waals surface area contributed by atoms with Crippen LogP contribution in [0.15, 0.2) is 83.8 Å². The second kappa shape index (κ2) is 9.83. The van der Waals surface area contributed by atoms with Gasteiger partial charge in [0.25, 0.3) is 11.8 Å². The summed E-state index contributed by atoms with van der Waals surface area (Å²) in [5, 5.41) is 0. The van der Waals surface area contributed by atoms with E-state index in [1.807, 2.05) is 37.3 Å². The van der Waals surface area contributed by atoms with E-state index in [2.05, 4.69) is 0 Å². The lowest BCUT2D eigenvalue weighted by atomic mass is 10.1. The summed E-state index contributed by atoms with van der Waals surface area (Å²) in [6.07, 6.45) is 0.896. The van der Waals surface area contributed by atoms with Crippen LogP contribution >= 0.6 is 11.8 Å². The molecule has 1 aliphatic heterocycles. The molecule has 32 heavy (non-hydrogen) atoms. The number of nitrogens with zero attached hydrogens (tertiary/aromatic N) is 1. The molecule has 6 heteroatoms. The lowest BCUT2D eigenvalue weighted by Crippen LogP contribution is -2.31. The van der Waals surface area contributed by atoms with E-state index < -0.39 is 17.6 Å². The van der Waals surface area contributed by atoms with Crippen LogP contribution in [-0.4, -0.2) is 18.4 Å². The van der Waals surface area contributed by atoms with E-state index in [0.717, 1.165) is 16.9 Å². The Balaban J connectivity index is 1.69. The third-order valence-electron chi connectivity index (χ3n) is 4.97. The molecule has 4 rings (SSSR count). The maximum Gasteiger partial charge on any atom is 0.272 e. The van der Waals surface area contributed by atoms with Crippen LogP contribution in [-0.2, 0) is 15.3 Å². The number of hydrogen-bond acceptors (Lipinski definition) is 4. The van der Waals surface area contributed by atoms with E-state index in [9.17, 15) is 14.0 Å². The number of anilines is 1. The summed E-state index contributed by atoms with van der Waals surface area (Å²) in [5.74, 6) is 0.0145. The molecule has 0 saturated heterocycles. The summed E-state index contributed by atoms with van der Waals surface area (Å²) in [7, 11) is 0. The maximum atomic E-state index is 13.4. The number of rotatable bonds is 8. The highest BCUT2D eigenvalue weighted by Crippen LogP contribution is 2.40. The van der Waals surface area contributed by atoms with Crippen molar-refractivity contribution in [3.8, 4) is 5.75 Å². The Labute approximate surface area is 190 Å². The Kier molecular flexibility index (Phi) is 6.71. The van der Waals surface area contributed by atoms with Gasteiger partial charge in [-0.1, -0.05) is 49.4 Å². The van der Waals surface area contributed by atoms with Gasteiger partial charge in [0, 0.05) is 5.75 Å². The van der Waals surface area contributed by atoms with E-state index in [4.69, 9.17) is 4.74 Å². The zero-order valence-corrected chi connectivity index (χ0v) is 18.4. The fourth-order valence-corrected chi connectivity index (χ4v) is 4.46. The van der Waals surface area contributed by atoms with Gasteiger partial charge in [0.05, 0.1) is 22.8 Å². The Hall–Kier alpha value is -3.38. The van der Waals surface area contributed by atoms with Crippen molar-refractivity contribution in [2.24, 2.45) is 0 Å². The van der Waals surface area contributed by atoms with Gasteiger partial charge in [0.15, 0.2) is 0 Å². The molecule has 0 spiro atoms. The van der Waals surface area contributed by atoms with Gasteiger partial charge in [0.1, 0.15) is 11.6 Å². The number of halogens is 1. The van der Waals surface area contributed by atoms with Crippen LogP contribution in [0.1, 0.15) is 24.5 Å². The van der Waals surface area contributed by atoms with Crippen molar-refractivity contribution in [2.75, 3.05) is 11.5 Å². The van der Waals surface area contributed by atoms with Crippen LogP contribution in [0.2, 0.25) is 0 Å². The first-order valence-electron chi connectivity index (χ1n) is 10.4. The maximum absolute atomic E-state index is 13.4. The van der Waals surface area contributed by atoms with Gasteiger partial charge in [0.2, 0.25) is 0 Å². The predicted molar refractivity (Wildman–Crippen MR) is 126 cm³/mol. The molecular formula is C26H22FNO3S. The van der Waals surface area contributed by atoms with Crippen LogP contribution in [0.4, 0.5) is 10.1 Å². The second-order valence-electron chi connectivity index (χ2n) is 7.27. The van der Waals surface area contributed by atoms with Crippen molar-refractivity contribution in [2.45, 2.75) is 19.1 Å². The molecule has 1 aliphatic rings. The minimum atomic E-state index is -0.428. The van der Waals surface area contributed by atoms with E-state index >= 15 is 0 Å². The predicted octanol–water partition coefficient (Wildman–Crippen LogP) is 5.83. The molecule has 0 fully saturated rings. The first kappa shape index (κ1) is 21.8. The Morgan fingerprint density at radius 1 is 0.875 bits per heavy atom. The Morgan fingerprint density at radius 3 is 2.22 bits per heavy atom. The number of carbonyl (C=O) groups is 2. The topological polar surface area (TPSA) is 46.6 Å². The van der Waals surface area contributed by atoms with Gasteiger partial charge < -0.3 is 4.74 Å². The van der Waals surface area contributed by atoms with Gasteiger partial charge in [-0.2, -0.15) is 0 Å². The molecule has 162 valence electrons. The normalized spacial score (nSPS) is 13.8. The molecule has 3 aromatic rings. The highest BCUT2D eigenvalue weighted by molar-refractivity contribution is 8.03. The lowest BCUT2D eigenvalue weighted by Gasteiger charge is -2.15. The van der Waals surface area contributed by atoms with Crippen molar-refractivity contribution in [3.63, 3.8) is 0 Å². The number of hydrogen-bond donors (Lipinski definition) is 0. The number of ether oxygens (including phenoxy) is 1. The zero-order chi connectivity index (χ0) is 22.5. The molecule has 2 amide bonds. The number of amides is 2. The molecule has 0 unspecified atom stereocenters. The zero-order valence-electron chi connectivity index (χ0n) is 17.6. The molecular weight excluding hydrogens is 425 g/mol. The van der Waals surface area contributed by atoms with Crippen LogP contribution in [0, 0.1) is 5.82 Å². The summed E-state index contributed by atoms with van der Waals surface area (Å²) in [6.45, 7) is 2.64. The molecule has 0 aromatic heterocycles. The summed E-state index contributed by atoms with van der Waals surface area (Å²) < 4.78 is 19.0. The number of carbonyl (C=O) groups excluding carboxylic acids is 2. The molecule has 0 radical (unpaired) electrons. The lowest BCUT2D eigenvalue weighted by molar-refractivity contribution is -0.119. The van der Waals surface area contributed by atoms with Gasteiger partial charge in [-0.05, 0) is 53.9 Å². The molecule has 4 nitrogen and oxygen atoms in total. The summed E-state index contributed by atoms with van der Waals surface area (Å²) in [6, 6.07) is 22.3. The van der Waals surface area contributed by atoms with E-state index in [0.29, 0.717) is 39.8 Å². The molecule has 0 N–H and O–H groups in total. The van der Waals surface area contributed by atoms with Crippen molar-refractivity contribution in [3.05, 3.63) is 101 Å². The van der Waals surface area contributed by atoms with Crippen LogP contribution in [0.5, 0.6) is 5.75 Å². The highest BCUT2D eigenvalue weighted by Gasteiger charge is 2.40. The van der Waals surface area contributed by atoms with Crippen molar-refractivity contribution >= 4 is 34.8 Å². The highest BCUT2D eigenvalue weighted by atomic mass is 32.2. The average molecular weight is 448 g/mol. The standard InChI is InChI=1S/C26H22FNO3S/c1-2-16-31-22-14-8-19(9-15-22)23-24(32-17-18-6-4-3-5-7-18)26(30)28(25(23)29)21-12-10-20(27)11-13-21/h3-15H,2,16-17H2,1H3. The monoisotopic (exact) mass is 447 g/mol. The van der Waals surface area contributed by atoms with E-state index in [1.54, 1.807) is 24.3 Å². The van der Waals surface area contributed by atoms with E-state index in [-0.39, 0.29) is 0 Å². The number of thioether (sulfide) groups is 1. The van der Waals surface area contributed by atoms with Crippen LogP contribution in [0.25, 0.3) is 5.57 Å². The molecule has 0 aliphatic carbocycles. The second-order valence-corrected chi connectivity index (χ2v) is 8.26. The summed E-state index contributed by atoms with van der Waals surface area (Å²) in [5.41, 5.74) is 2.39. The van der Waals surface area contributed by atoms with Crippen LogP contribution in [0.3, 0.4) is 0 Å². The van der Waals surface area contributed by atoms with Gasteiger partial charge >= 0.3 is 0 Å². The number of imide groups is 1. The van der Waals surface area contributed by atoms with Gasteiger partial charge in [-0.15, -0.1) is 11.8 Å². The fraction of sp³-hybridized carbons (Fsp3) is 0.154. The fourth-order valence-electron chi connectivity index (χ4n) is 3.39. The Morgan fingerprint density at radius 2 is 1.56 bits per heavy atom. The molecule has 0 saturated carbocycles. The smallest absolute Gasteiger partial charge is 0.272 e. The first-order chi connectivity index (χ1) is 15.6. The third kappa shape index (κ3) is 4.60. The first-order valence-corrected chi connectivity index (χ1v) is 11.4. The Bertz CT molecular complexity index is 1140. The quantitative estimate of drug-likeness (QED) is 0.408. The van der Waals surface area contributed by atoms with E-state index in [1.165, 1.54) is 36.0 Å². The van der Waals surface area contributed by atoms with Crippen molar-refractivity contribution < 1.29 is 18.7 Å². The molecule has 3 aromatic carbocycles. The molecule has 0 bridgehead atoms. The van der Waals surface area contributed by atoms with Gasteiger partial charge in [-0.25, -0.2) is 9.29 Å². The molecule has 1 heterocycles. The van der Waals surface area contributed by atoms with Crippen molar-refractivity contribution in [1.29, 1.82) is 0 Å². The van der Waals surface area contributed by atoms with Crippen LogP contribution < -0.4 is 9.64 Å². The largest absolute Gasteiger partial charge is 0.494 e. The molecule has 0 atom stereocenters. The minimum Gasteiger partial charge on any atom is -0.494 e. The van der Waals surface area contributed by atoms with Gasteiger partial charge in [-0.3, -0.25) is 9.59 Å². The third-order valence-corrected chi connectivity index (χ3v) is 6.11. The number of benzene rings is 3. The summed E-state index contributed by atoms with van der Waals surface area (Å²) >= 11 is 1.33. The van der Waals surface area contributed by atoms with Crippen molar-refractivity contribution in [1.82, 2.24) is 0 Å². The minimum absolute atomic E-state index is 0.345.